The summed E-state index contributed by atoms with van der Waals surface area (Å²) in [5, 5.41) is 2.62. The highest BCUT2D eigenvalue weighted by atomic mass is 19.4. The van der Waals surface area contributed by atoms with Gasteiger partial charge in [0, 0.05) is 12.4 Å². The van der Waals surface area contributed by atoms with Crippen LogP contribution in [0, 0.1) is 18.7 Å². The monoisotopic (exact) mass is 425 g/mol. The Morgan fingerprint density at radius 1 is 1.23 bits per heavy atom. The van der Waals surface area contributed by atoms with Crippen LogP contribution in [0.15, 0.2) is 47.4 Å². The number of aromatic nitrogens is 2. The molecule has 3 N–H and O–H groups in total. The summed E-state index contributed by atoms with van der Waals surface area (Å²) in [5.74, 6) is -1.11. The van der Waals surface area contributed by atoms with Gasteiger partial charge in [-0.2, -0.15) is 13.2 Å². The SMILES string of the molecule is Cc1nc(C(F)(F)F)cn1[C@@H](C)C(=O)NC(=CN)C(=Nc1ccc(F)cc1)C(C)C. The first-order valence-electron chi connectivity index (χ1n) is 9.14. The summed E-state index contributed by atoms with van der Waals surface area (Å²) in [7, 11) is 0. The molecule has 1 amide bonds. The number of carbonyl (C=O) groups excluding carboxylic acids is 1. The van der Waals surface area contributed by atoms with Crippen LogP contribution >= 0.6 is 0 Å². The molecule has 0 aliphatic carbocycles. The summed E-state index contributed by atoms with van der Waals surface area (Å²) in [5.41, 5.74) is 5.71. The van der Waals surface area contributed by atoms with Crippen molar-refractivity contribution in [2.45, 2.75) is 39.9 Å². The summed E-state index contributed by atoms with van der Waals surface area (Å²) in [6.45, 7) is 6.49. The lowest BCUT2D eigenvalue weighted by atomic mass is 10.0. The van der Waals surface area contributed by atoms with Crippen molar-refractivity contribution < 1.29 is 22.4 Å². The zero-order valence-corrected chi connectivity index (χ0v) is 17.0. The van der Waals surface area contributed by atoms with Crippen molar-refractivity contribution in [1.29, 1.82) is 0 Å². The number of alkyl halides is 3. The van der Waals surface area contributed by atoms with E-state index in [1.165, 1.54) is 38.1 Å². The topological polar surface area (TPSA) is 85.3 Å². The van der Waals surface area contributed by atoms with Crippen molar-refractivity contribution in [1.82, 2.24) is 14.9 Å². The zero-order chi connectivity index (χ0) is 22.6. The van der Waals surface area contributed by atoms with E-state index < -0.39 is 29.6 Å². The minimum Gasteiger partial charge on any atom is -0.403 e. The molecule has 162 valence electrons. The second-order valence-corrected chi connectivity index (χ2v) is 6.95. The molecule has 0 aliphatic heterocycles. The maximum Gasteiger partial charge on any atom is 0.434 e. The average Bonchev–Trinajstić information content (AvgIpc) is 3.07. The lowest BCUT2D eigenvalue weighted by Crippen LogP contribution is -2.35. The van der Waals surface area contributed by atoms with Crippen LogP contribution in [0.3, 0.4) is 0 Å². The van der Waals surface area contributed by atoms with Gasteiger partial charge < -0.3 is 15.6 Å². The maximum absolute atomic E-state index is 13.1. The Kier molecular flexibility index (Phi) is 7.01. The molecule has 0 fully saturated rings. The number of rotatable bonds is 6. The molecule has 0 aliphatic rings. The van der Waals surface area contributed by atoms with E-state index in [4.69, 9.17) is 5.73 Å². The van der Waals surface area contributed by atoms with Crippen molar-refractivity contribution in [2.75, 3.05) is 0 Å². The van der Waals surface area contributed by atoms with Gasteiger partial charge in [-0.15, -0.1) is 0 Å². The van der Waals surface area contributed by atoms with Gasteiger partial charge in [-0.1, -0.05) is 13.8 Å². The number of hydrogen-bond donors (Lipinski definition) is 2. The number of halogens is 4. The molecule has 0 bridgehead atoms. The van der Waals surface area contributed by atoms with E-state index in [2.05, 4.69) is 15.3 Å². The highest BCUT2D eigenvalue weighted by Gasteiger charge is 2.35. The van der Waals surface area contributed by atoms with Crippen LogP contribution in [0.25, 0.3) is 0 Å². The minimum atomic E-state index is -4.61. The van der Waals surface area contributed by atoms with Gasteiger partial charge in [0.1, 0.15) is 17.7 Å². The fourth-order valence-electron chi connectivity index (χ4n) is 2.72. The van der Waals surface area contributed by atoms with E-state index in [1.54, 1.807) is 0 Å². The van der Waals surface area contributed by atoms with Gasteiger partial charge >= 0.3 is 6.18 Å². The summed E-state index contributed by atoms with van der Waals surface area (Å²) in [4.78, 5) is 20.6. The number of aryl methyl sites for hydroxylation is 1. The van der Waals surface area contributed by atoms with E-state index in [-0.39, 0.29) is 17.4 Å². The zero-order valence-electron chi connectivity index (χ0n) is 17.0. The third kappa shape index (κ3) is 5.46. The van der Waals surface area contributed by atoms with Crippen LogP contribution in [0.5, 0.6) is 0 Å². The van der Waals surface area contributed by atoms with E-state index in [1.807, 2.05) is 13.8 Å². The Hall–Kier alpha value is -3.17. The first kappa shape index (κ1) is 23.1. The van der Waals surface area contributed by atoms with Crippen LogP contribution in [0.1, 0.15) is 38.3 Å². The molecular formula is C20H23F4N5O. The van der Waals surface area contributed by atoms with Gasteiger partial charge in [0.05, 0.1) is 17.1 Å². The Balaban J connectivity index is 2.28. The third-order valence-corrected chi connectivity index (χ3v) is 4.33. The molecule has 2 aromatic rings. The van der Waals surface area contributed by atoms with Gasteiger partial charge in [0.15, 0.2) is 5.69 Å². The summed E-state index contributed by atoms with van der Waals surface area (Å²) < 4.78 is 52.9. The molecule has 10 heteroatoms. The van der Waals surface area contributed by atoms with Crippen LogP contribution < -0.4 is 11.1 Å². The predicted molar refractivity (Wildman–Crippen MR) is 105 cm³/mol. The number of nitrogens with two attached hydrogens (primary N) is 1. The van der Waals surface area contributed by atoms with E-state index in [9.17, 15) is 22.4 Å². The number of amides is 1. The number of imidazole rings is 1. The smallest absolute Gasteiger partial charge is 0.403 e. The lowest BCUT2D eigenvalue weighted by molar-refractivity contribution is -0.141. The molecule has 6 nitrogen and oxygen atoms in total. The second kappa shape index (κ2) is 9.10. The Labute approximate surface area is 171 Å². The van der Waals surface area contributed by atoms with Crippen molar-refractivity contribution in [3.8, 4) is 0 Å². The molecule has 30 heavy (non-hydrogen) atoms. The molecular weight excluding hydrogens is 402 g/mol. The number of carbonyl (C=O) groups is 1. The summed E-state index contributed by atoms with van der Waals surface area (Å²) in [6.07, 6.45) is -2.66. The molecule has 0 unspecified atom stereocenters. The highest BCUT2D eigenvalue weighted by molar-refractivity contribution is 6.05. The third-order valence-electron chi connectivity index (χ3n) is 4.33. The first-order chi connectivity index (χ1) is 13.9. The summed E-state index contributed by atoms with van der Waals surface area (Å²) >= 11 is 0. The van der Waals surface area contributed by atoms with Crippen molar-refractivity contribution in [2.24, 2.45) is 16.6 Å². The number of benzene rings is 1. The van der Waals surface area contributed by atoms with Crippen LogP contribution in [-0.4, -0.2) is 21.2 Å². The second-order valence-electron chi connectivity index (χ2n) is 6.95. The Morgan fingerprint density at radius 3 is 2.30 bits per heavy atom. The van der Waals surface area contributed by atoms with Crippen LogP contribution in [-0.2, 0) is 11.0 Å². The molecule has 2 rings (SSSR count). The quantitative estimate of drug-likeness (QED) is 0.536. The van der Waals surface area contributed by atoms with Crippen LogP contribution in [0.2, 0.25) is 0 Å². The largest absolute Gasteiger partial charge is 0.434 e. The normalized spacial score (nSPS) is 14.2. The predicted octanol–water partition coefficient (Wildman–Crippen LogP) is 4.26. The molecule has 1 heterocycles. The van der Waals surface area contributed by atoms with Gasteiger partial charge in [-0.05, 0) is 44.0 Å². The fraction of sp³-hybridized carbons (Fsp3) is 0.350. The average molecular weight is 425 g/mol. The molecule has 0 radical (unpaired) electrons. The lowest BCUT2D eigenvalue weighted by Gasteiger charge is -2.19. The minimum absolute atomic E-state index is 0.0484. The number of nitrogens with zero attached hydrogens (tertiary/aromatic N) is 3. The van der Waals surface area contributed by atoms with Gasteiger partial charge in [0.25, 0.3) is 0 Å². The van der Waals surface area contributed by atoms with E-state index >= 15 is 0 Å². The van der Waals surface area contributed by atoms with Gasteiger partial charge in [0.2, 0.25) is 5.91 Å². The van der Waals surface area contributed by atoms with E-state index in [0.717, 1.165) is 17.0 Å². The number of allylic oxidation sites excluding steroid dienone is 1. The van der Waals surface area contributed by atoms with Crippen molar-refractivity contribution >= 4 is 17.3 Å². The Morgan fingerprint density at radius 2 is 1.83 bits per heavy atom. The van der Waals surface area contributed by atoms with Gasteiger partial charge in [-0.3, -0.25) is 9.79 Å². The Bertz CT molecular complexity index is 959. The fourth-order valence-corrected chi connectivity index (χ4v) is 2.72. The van der Waals surface area contributed by atoms with Gasteiger partial charge in [-0.25, -0.2) is 9.37 Å². The van der Waals surface area contributed by atoms with Crippen molar-refractivity contribution in [3.63, 3.8) is 0 Å². The molecule has 1 atom stereocenters. The molecule has 1 aromatic carbocycles. The highest BCUT2D eigenvalue weighted by Crippen LogP contribution is 2.29. The summed E-state index contributed by atoms with van der Waals surface area (Å²) in [6, 6.07) is 4.48. The molecule has 0 spiro atoms. The molecule has 0 saturated carbocycles. The van der Waals surface area contributed by atoms with Crippen molar-refractivity contribution in [3.05, 3.63) is 59.7 Å². The number of nitrogens with one attached hydrogen (secondary N) is 1. The van der Waals surface area contributed by atoms with Crippen LogP contribution in [0.4, 0.5) is 23.2 Å². The molecule has 1 aromatic heterocycles. The number of hydrogen-bond acceptors (Lipinski definition) is 4. The standard InChI is InChI=1S/C20H23F4N5O/c1-11(2)18(27-15-7-5-14(21)6-8-15)16(9-25)28-19(30)12(3)29-10-17(20(22,23)24)26-13(29)4/h5-12H,25H2,1-4H3,(H,28,30)/t12-/m0/s1. The first-order valence-corrected chi connectivity index (χ1v) is 9.14. The van der Waals surface area contributed by atoms with E-state index in [0.29, 0.717) is 11.4 Å². The molecule has 0 saturated heterocycles. The maximum atomic E-state index is 13.1. The number of aliphatic imine (C=N–C) groups is 1.